The fourth-order valence-electron chi connectivity index (χ4n) is 1.05. The van der Waals surface area contributed by atoms with Crippen molar-refractivity contribution in [3.8, 4) is 0 Å². The van der Waals surface area contributed by atoms with E-state index in [0.717, 1.165) is 12.8 Å². The fraction of sp³-hybridized carbons (Fsp3) is 1.00. The average Bonchev–Trinajstić information content (AvgIpc) is 2.02. The van der Waals surface area contributed by atoms with E-state index in [-0.39, 0.29) is 11.5 Å². The summed E-state index contributed by atoms with van der Waals surface area (Å²) in [5.74, 6) is 0.446. The molecule has 0 N–H and O–H groups in total. The molecule has 0 amide bonds. The molecule has 0 aliphatic heterocycles. The monoisotopic (exact) mass is 178 g/mol. The molecule has 3 atom stereocenters. The largest absolute Gasteiger partial charge is 0.381 e. The number of alkyl halides is 1. The van der Waals surface area contributed by atoms with E-state index in [2.05, 4.69) is 20.8 Å². The van der Waals surface area contributed by atoms with Gasteiger partial charge in [0.15, 0.2) is 0 Å². The number of ether oxygens (including phenoxy) is 1. The Balaban J connectivity index is 3.70. The highest BCUT2D eigenvalue weighted by molar-refractivity contribution is 6.20. The van der Waals surface area contributed by atoms with Gasteiger partial charge in [0.2, 0.25) is 0 Å². The summed E-state index contributed by atoms with van der Waals surface area (Å²) in [5, 5.41) is 0.259. The third-order valence-electron chi connectivity index (χ3n) is 2.25. The first kappa shape index (κ1) is 11.2. The zero-order valence-electron chi connectivity index (χ0n) is 7.93. The molecular weight excluding hydrogens is 160 g/mol. The quantitative estimate of drug-likeness (QED) is 0.588. The number of halogens is 1. The molecule has 0 heterocycles. The zero-order valence-corrected chi connectivity index (χ0v) is 8.69. The van der Waals surface area contributed by atoms with Crippen molar-refractivity contribution in [2.45, 2.75) is 45.1 Å². The number of hydrogen-bond acceptors (Lipinski definition) is 1. The molecule has 0 saturated carbocycles. The summed E-state index contributed by atoms with van der Waals surface area (Å²) in [6.45, 7) is 6.36. The van der Waals surface area contributed by atoms with Gasteiger partial charge in [0, 0.05) is 12.5 Å². The van der Waals surface area contributed by atoms with Crippen molar-refractivity contribution >= 4 is 11.6 Å². The highest BCUT2D eigenvalue weighted by Crippen LogP contribution is 2.20. The first-order chi connectivity index (χ1) is 5.13. The Labute approximate surface area is 75.1 Å². The van der Waals surface area contributed by atoms with E-state index in [1.54, 1.807) is 7.11 Å². The Bertz CT molecular complexity index is 95.6. The predicted octanol–water partition coefficient (Wildman–Crippen LogP) is 3.06. The standard InChI is InChI=1S/C9H19ClO/c1-5-6-9(10)7(2)8(3)11-4/h7-9H,5-6H2,1-4H3. The van der Waals surface area contributed by atoms with Crippen LogP contribution >= 0.6 is 11.6 Å². The van der Waals surface area contributed by atoms with Crippen LogP contribution in [0.1, 0.15) is 33.6 Å². The van der Waals surface area contributed by atoms with Crippen molar-refractivity contribution in [1.29, 1.82) is 0 Å². The Kier molecular flexibility index (Phi) is 5.98. The number of methoxy groups -OCH3 is 1. The van der Waals surface area contributed by atoms with Crippen molar-refractivity contribution in [2.24, 2.45) is 5.92 Å². The molecule has 0 fully saturated rings. The lowest BCUT2D eigenvalue weighted by Crippen LogP contribution is -2.24. The van der Waals surface area contributed by atoms with Crippen LogP contribution in [0, 0.1) is 5.92 Å². The van der Waals surface area contributed by atoms with Crippen molar-refractivity contribution in [2.75, 3.05) is 7.11 Å². The van der Waals surface area contributed by atoms with E-state index in [9.17, 15) is 0 Å². The van der Waals surface area contributed by atoms with Crippen molar-refractivity contribution in [1.82, 2.24) is 0 Å². The average molecular weight is 179 g/mol. The first-order valence-corrected chi connectivity index (χ1v) is 4.74. The maximum Gasteiger partial charge on any atom is 0.0582 e. The van der Waals surface area contributed by atoms with Gasteiger partial charge < -0.3 is 4.74 Å². The fourth-order valence-corrected chi connectivity index (χ4v) is 1.47. The second kappa shape index (κ2) is 5.84. The van der Waals surface area contributed by atoms with Gasteiger partial charge in [-0.15, -0.1) is 11.6 Å². The molecule has 0 aromatic rings. The smallest absolute Gasteiger partial charge is 0.0582 e. The van der Waals surface area contributed by atoms with E-state index < -0.39 is 0 Å². The van der Waals surface area contributed by atoms with Gasteiger partial charge >= 0.3 is 0 Å². The van der Waals surface area contributed by atoms with Gasteiger partial charge in [0.05, 0.1) is 6.10 Å². The molecule has 11 heavy (non-hydrogen) atoms. The Morgan fingerprint density at radius 2 is 1.91 bits per heavy atom. The molecule has 0 spiro atoms. The van der Waals surface area contributed by atoms with Crippen LogP contribution in [0.25, 0.3) is 0 Å². The summed E-state index contributed by atoms with van der Waals surface area (Å²) in [5.41, 5.74) is 0. The molecular formula is C9H19ClO. The van der Waals surface area contributed by atoms with E-state index in [0.29, 0.717) is 5.92 Å². The summed E-state index contributed by atoms with van der Waals surface area (Å²) < 4.78 is 5.19. The Morgan fingerprint density at radius 1 is 1.36 bits per heavy atom. The molecule has 0 saturated heterocycles. The van der Waals surface area contributed by atoms with Crippen LogP contribution in [0.15, 0.2) is 0 Å². The second-order valence-electron chi connectivity index (χ2n) is 3.10. The minimum Gasteiger partial charge on any atom is -0.381 e. The minimum absolute atomic E-state index is 0.259. The highest BCUT2D eigenvalue weighted by atomic mass is 35.5. The topological polar surface area (TPSA) is 9.23 Å². The van der Waals surface area contributed by atoms with Crippen LogP contribution in [0.3, 0.4) is 0 Å². The molecule has 0 aromatic carbocycles. The van der Waals surface area contributed by atoms with Gasteiger partial charge in [-0.3, -0.25) is 0 Å². The van der Waals surface area contributed by atoms with Crippen LogP contribution in [-0.4, -0.2) is 18.6 Å². The molecule has 0 aromatic heterocycles. The molecule has 0 rings (SSSR count). The van der Waals surface area contributed by atoms with E-state index in [1.807, 2.05) is 0 Å². The van der Waals surface area contributed by atoms with Gasteiger partial charge in [0.25, 0.3) is 0 Å². The molecule has 68 valence electrons. The third kappa shape index (κ3) is 3.97. The predicted molar refractivity (Wildman–Crippen MR) is 50.2 cm³/mol. The van der Waals surface area contributed by atoms with Gasteiger partial charge in [-0.25, -0.2) is 0 Å². The number of rotatable bonds is 5. The van der Waals surface area contributed by atoms with Crippen molar-refractivity contribution in [3.05, 3.63) is 0 Å². The maximum absolute atomic E-state index is 6.13. The second-order valence-corrected chi connectivity index (χ2v) is 3.67. The first-order valence-electron chi connectivity index (χ1n) is 4.30. The van der Waals surface area contributed by atoms with E-state index in [1.165, 1.54) is 0 Å². The molecule has 0 radical (unpaired) electrons. The summed E-state index contributed by atoms with van der Waals surface area (Å²) in [6, 6.07) is 0. The maximum atomic E-state index is 6.13. The summed E-state index contributed by atoms with van der Waals surface area (Å²) in [6.07, 6.45) is 2.50. The normalized spacial score (nSPS) is 19.4. The lowest BCUT2D eigenvalue weighted by Gasteiger charge is -2.22. The molecule has 2 heteroatoms. The van der Waals surface area contributed by atoms with Crippen molar-refractivity contribution < 1.29 is 4.74 Å². The lowest BCUT2D eigenvalue weighted by molar-refractivity contribution is 0.0711. The van der Waals surface area contributed by atoms with Crippen molar-refractivity contribution in [3.63, 3.8) is 0 Å². The molecule has 0 aliphatic carbocycles. The van der Waals surface area contributed by atoms with Gasteiger partial charge in [-0.1, -0.05) is 20.3 Å². The van der Waals surface area contributed by atoms with Gasteiger partial charge in [-0.05, 0) is 19.3 Å². The third-order valence-corrected chi connectivity index (χ3v) is 2.86. The summed E-state index contributed by atoms with van der Waals surface area (Å²) >= 11 is 6.13. The summed E-state index contributed by atoms with van der Waals surface area (Å²) in [7, 11) is 1.73. The van der Waals surface area contributed by atoms with E-state index >= 15 is 0 Å². The van der Waals surface area contributed by atoms with Crippen LogP contribution in [0.2, 0.25) is 0 Å². The SMILES string of the molecule is CCCC(Cl)C(C)C(C)OC. The van der Waals surface area contributed by atoms with Crippen LogP contribution < -0.4 is 0 Å². The van der Waals surface area contributed by atoms with Gasteiger partial charge in [-0.2, -0.15) is 0 Å². The molecule has 3 unspecified atom stereocenters. The number of hydrogen-bond donors (Lipinski definition) is 0. The molecule has 0 bridgehead atoms. The van der Waals surface area contributed by atoms with Crippen LogP contribution in [-0.2, 0) is 4.74 Å². The highest BCUT2D eigenvalue weighted by Gasteiger charge is 2.19. The zero-order chi connectivity index (χ0) is 8.85. The Morgan fingerprint density at radius 3 is 2.27 bits per heavy atom. The minimum atomic E-state index is 0.259. The molecule has 0 aliphatic rings. The summed E-state index contributed by atoms with van der Waals surface area (Å²) in [4.78, 5) is 0. The lowest BCUT2D eigenvalue weighted by atomic mass is 9.99. The Hall–Kier alpha value is 0.250. The molecule has 1 nitrogen and oxygen atoms in total. The van der Waals surface area contributed by atoms with Gasteiger partial charge in [0.1, 0.15) is 0 Å². The van der Waals surface area contributed by atoms with E-state index in [4.69, 9.17) is 16.3 Å². The van der Waals surface area contributed by atoms with Crippen LogP contribution in [0.4, 0.5) is 0 Å². The van der Waals surface area contributed by atoms with Crippen LogP contribution in [0.5, 0.6) is 0 Å².